The molecule has 158 valence electrons. The minimum absolute atomic E-state index is 0.0999. The Balaban J connectivity index is 1.40. The van der Waals surface area contributed by atoms with Crippen LogP contribution >= 0.6 is 0 Å². The Morgan fingerprint density at radius 1 is 1.03 bits per heavy atom. The fourth-order valence-corrected chi connectivity index (χ4v) is 4.07. The van der Waals surface area contributed by atoms with Crippen molar-refractivity contribution in [2.45, 2.75) is 12.7 Å². The van der Waals surface area contributed by atoms with Gasteiger partial charge in [-0.05, 0) is 43.3 Å². The third-order valence-corrected chi connectivity index (χ3v) is 5.59. The lowest BCUT2D eigenvalue weighted by Gasteiger charge is -2.10. The molecule has 0 amide bonds. The van der Waals surface area contributed by atoms with Crippen molar-refractivity contribution in [2.75, 3.05) is 4.72 Å². The van der Waals surface area contributed by atoms with Crippen molar-refractivity contribution in [2.24, 2.45) is 0 Å². The van der Waals surface area contributed by atoms with Gasteiger partial charge in [-0.2, -0.15) is 0 Å². The van der Waals surface area contributed by atoms with E-state index in [1.165, 1.54) is 18.2 Å². The molecule has 0 atom stereocenters. The molecule has 4 aromatic rings. The first-order valence-corrected chi connectivity index (χ1v) is 10.9. The van der Waals surface area contributed by atoms with Crippen LogP contribution in [0.4, 0.5) is 10.1 Å². The normalized spacial score (nSPS) is 11.3. The Hall–Kier alpha value is -3.79. The minimum atomic E-state index is -3.77. The van der Waals surface area contributed by atoms with E-state index in [0.717, 1.165) is 5.82 Å². The van der Waals surface area contributed by atoms with E-state index >= 15 is 0 Å². The topological polar surface area (TPSA) is 99.0 Å². The average molecular weight is 439 g/mol. The van der Waals surface area contributed by atoms with E-state index in [-0.39, 0.29) is 11.4 Å². The number of nitrogens with one attached hydrogen (secondary N) is 1. The Labute approximate surface area is 178 Å². The molecule has 0 aliphatic rings. The third-order valence-electron chi connectivity index (χ3n) is 4.35. The minimum Gasteiger partial charge on any atom is -0.438 e. The second-order valence-corrected chi connectivity index (χ2v) is 8.38. The van der Waals surface area contributed by atoms with Crippen LogP contribution in [0, 0.1) is 12.7 Å². The maximum Gasteiger partial charge on any atom is 0.238 e. The zero-order chi connectivity index (χ0) is 21.8. The van der Waals surface area contributed by atoms with Gasteiger partial charge in [0.2, 0.25) is 15.9 Å². The van der Waals surface area contributed by atoms with Gasteiger partial charge < -0.3 is 4.74 Å². The second kappa shape index (κ2) is 8.52. The SMILES string of the molecule is Cc1nccn1-c1ccc(Oc2ccc(NS(=O)(=O)Cc3ccccc3F)cc2)nn1. The number of rotatable bonds is 7. The van der Waals surface area contributed by atoms with Crippen molar-refractivity contribution in [3.8, 4) is 17.4 Å². The summed E-state index contributed by atoms with van der Waals surface area (Å²) in [7, 11) is -3.77. The van der Waals surface area contributed by atoms with Crippen molar-refractivity contribution >= 4 is 15.7 Å². The summed E-state index contributed by atoms with van der Waals surface area (Å²) in [5.41, 5.74) is 0.434. The Kier molecular flexibility index (Phi) is 5.63. The van der Waals surface area contributed by atoms with Crippen molar-refractivity contribution in [1.29, 1.82) is 0 Å². The molecular weight excluding hydrogens is 421 g/mol. The molecule has 0 unspecified atom stereocenters. The van der Waals surface area contributed by atoms with Crippen molar-refractivity contribution in [3.05, 3.63) is 90.3 Å². The largest absolute Gasteiger partial charge is 0.438 e. The average Bonchev–Trinajstić information content (AvgIpc) is 3.17. The van der Waals surface area contributed by atoms with E-state index in [1.807, 2.05) is 6.92 Å². The molecule has 2 aromatic carbocycles. The van der Waals surface area contributed by atoms with Gasteiger partial charge in [0.15, 0.2) is 5.82 Å². The number of aryl methyl sites for hydroxylation is 1. The molecule has 0 fully saturated rings. The van der Waals surface area contributed by atoms with E-state index < -0.39 is 21.6 Å². The number of nitrogens with zero attached hydrogens (tertiary/aromatic N) is 4. The number of ether oxygens (including phenoxy) is 1. The quantitative estimate of drug-likeness (QED) is 0.470. The van der Waals surface area contributed by atoms with Gasteiger partial charge in [0, 0.05) is 29.7 Å². The number of benzene rings is 2. The van der Waals surface area contributed by atoms with Gasteiger partial charge in [-0.15, -0.1) is 10.2 Å². The zero-order valence-electron chi connectivity index (χ0n) is 16.4. The van der Waals surface area contributed by atoms with Crippen LogP contribution in [-0.2, 0) is 15.8 Å². The van der Waals surface area contributed by atoms with Crippen molar-refractivity contribution in [1.82, 2.24) is 19.7 Å². The van der Waals surface area contributed by atoms with Crippen LogP contribution < -0.4 is 9.46 Å². The standard InChI is InChI=1S/C21H18FN5O3S/c1-15-23-12-13-27(15)20-10-11-21(25-24-20)30-18-8-6-17(7-9-18)26-31(28,29)14-16-4-2-3-5-19(16)22/h2-13,26H,14H2,1H3. The highest BCUT2D eigenvalue weighted by Gasteiger charge is 2.14. The highest BCUT2D eigenvalue weighted by atomic mass is 32.2. The molecule has 2 aromatic heterocycles. The van der Waals surface area contributed by atoms with Crippen LogP contribution in [0.25, 0.3) is 5.82 Å². The maximum absolute atomic E-state index is 13.7. The van der Waals surface area contributed by atoms with Gasteiger partial charge in [-0.1, -0.05) is 18.2 Å². The van der Waals surface area contributed by atoms with E-state index in [9.17, 15) is 12.8 Å². The summed E-state index contributed by atoms with van der Waals surface area (Å²) in [6.07, 6.45) is 3.46. The van der Waals surface area contributed by atoms with Gasteiger partial charge in [0.25, 0.3) is 0 Å². The van der Waals surface area contributed by atoms with E-state index in [1.54, 1.807) is 59.4 Å². The highest BCUT2D eigenvalue weighted by Crippen LogP contribution is 2.23. The summed E-state index contributed by atoms with van der Waals surface area (Å²) in [6, 6.07) is 15.5. The molecule has 0 spiro atoms. The monoisotopic (exact) mass is 439 g/mol. The fraction of sp³-hybridized carbons (Fsp3) is 0.0952. The summed E-state index contributed by atoms with van der Waals surface area (Å²) < 4.78 is 48.2. The van der Waals surface area contributed by atoms with Crippen LogP contribution in [-0.4, -0.2) is 28.2 Å². The lowest BCUT2D eigenvalue weighted by molar-refractivity contribution is 0.454. The Morgan fingerprint density at radius 2 is 1.81 bits per heavy atom. The number of halogens is 1. The lowest BCUT2D eigenvalue weighted by Crippen LogP contribution is -2.15. The fourth-order valence-electron chi connectivity index (χ4n) is 2.86. The summed E-state index contributed by atoms with van der Waals surface area (Å²) in [5.74, 6) is 1.12. The van der Waals surface area contributed by atoms with Crippen LogP contribution in [0.15, 0.2) is 73.1 Å². The highest BCUT2D eigenvalue weighted by molar-refractivity contribution is 7.91. The molecule has 0 aliphatic carbocycles. The smallest absolute Gasteiger partial charge is 0.238 e. The number of sulfonamides is 1. The summed E-state index contributed by atoms with van der Waals surface area (Å²) >= 11 is 0. The molecule has 1 N–H and O–H groups in total. The van der Waals surface area contributed by atoms with Gasteiger partial charge in [0.1, 0.15) is 17.4 Å². The molecule has 8 nitrogen and oxygen atoms in total. The predicted octanol–water partition coefficient (Wildman–Crippen LogP) is 3.84. The molecule has 0 saturated carbocycles. The number of aromatic nitrogens is 4. The van der Waals surface area contributed by atoms with E-state index in [0.29, 0.717) is 17.3 Å². The first-order chi connectivity index (χ1) is 14.9. The molecule has 0 aliphatic heterocycles. The summed E-state index contributed by atoms with van der Waals surface area (Å²) in [5, 5.41) is 8.16. The van der Waals surface area contributed by atoms with Crippen molar-refractivity contribution in [3.63, 3.8) is 0 Å². The summed E-state index contributed by atoms with van der Waals surface area (Å²) in [4.78, 5) is 4.14. The Bertz CT molecular complexity index is 1290. The third kappa shape index (κ3) is 5.04. The number of anilines is 1. The number of imidazole rings is 1. The first-order valence-electron chi connectivity index (χ1n) is 9.25. The van der Waals surface area contributed by atoms with Crippen LogP contribution in [0.5, 0.6) is 11.6 Å². The molecule has 31 heavy (non-hydrogen) atoms. The molecular formula is C21H18FN5O3S. The molecule has 0 bridgehead atoms. The first kappa shape index (κ1) is 20.5. The molecule has 0 saturated heterocycles. The summed E-state index contributed by atoms with van der Waals surface area (Å²) in [6.45, 7) is 1.86. The van der Waals surface area contributed by atoms with E-state index in [2.05, 4.69) is 19.9 Å². The zero-order valence-corrected chi connectivity index (χ0v) is 17.3. The van der Waals surface area contributed by atoms with Gasteiger partial charge in [0.05, 0.1) is 5.75 Å². The number of hydrogen-bond donors (Lipinski definition) is 1. The van der Waals surface area contributed by atoms with Crippen LogP contribution in [0.3, 0.4) is 0 Å². The second-order valence-electron chi connectivity index (χ2n) is 6.65. The maximum atomic E-state index is 13.7. The van der Waals surface area contributed by atoms with Crippen molar-refractivity contribution < 1.29 is 17.5 Å². The Morgan fingerprint density at radius 3 is 2.45 bits per heavy atom. The predicted molar refractivity (Wildman–Crippen MR) is 113 cm³/mol. The van der Waals surface area contributed by atoms with Gasteiger partial charge in [-0.3, -0.25) is 9.29 Å². The molecule has 2 heterocycles. The van der Waals surface area contributed by atoms with Gasteiger partial charge >= 0.3 is 0 Å². The molecule has 10 heteroatoms. The van der Waals surface area contributed by atoms with Gasteiger partial charge in [-0.25, -0.2) is 17.8 Å². The van der Waals surface area contributed by atoms with Crippen LogP contribution in [0.1, 0.15) is 11.4 Å². The number of hydrogen-bond acceptors (Lipinski definition) is 6. The van der Waals surface area contributed by atoms with E-state index in [4.69, 9.17) is 4.74 Å². The van der Waals surface area contributed by atoms with Crippen LogP contribution in [0.2, 0.25) is 0 Å². The molecule has 0 radical (unpaired) electrons. The lowest BCUT2D eigenvalue weighted by atomic mass is 10.2. The molecule has 4 rings (SSSR count).